The molecule has 0 aromatic carbocycles. The topological polar surface area (TPSA) is 120 Å². The summed E-state index contributed by atoms with van der Waals surface area (Å²) in [6, 6.07) is -0.891. The Kier molecular flexibility index (Phi) is 64.3. The van der Waals surface area contributed by atoms with Crippen LogP contribution in [-0.2, 0) is 27.0 Å². The van der Waals surface area contributed by atoms with Crippen molar-refractivity contribution in [2.24, 2.45) is 5.73 Å². The Morgan fingerprint density at radius 3 is 2.04 bits per heavy atom. The second kappa shape index (κ2) is 32.8. The molecule has 23 heavy (non-hydrogen) atoms. The molecule has 6 nitrogen and oxygen atoms in total. The summed E-state index contributed by atoms with van der Waals surface area (Å²) in [5.74, 6) is -0.543. The first kappa shape index (κ1) is 45.1. The molecule has 0 spiro atoms. The summed E-state index contributed by atoms with van der Waals surface area (Å²) in [5, 5.41) is 9.96. The van der Waals surface area contributed by atoms with Crippen LogP contribution in [0.15, 0.2) is 0 Å². The van der Waals surface area contributed by atoms with Crippen molar-refractivity contribution in [3.63, 3.8) is 0 Å². The van der Waals surface area contributed by atoms with Gasteiger partial charge in [-0.3, -0.25) is 0 Å². The van der Waals surface area contributed by atoms with Gasteiger partial charge in [0.15, 0.2) is 6.04 Å². The van der Waals surface area contributed by atoms with Gasteiger partial charge in [-0.2, -0.15) is 18.0 Å². The number of esters is 1. The van der Waals surface area contributed by atoms with Gasteiger partial charge in [0.05, 0.1) is 12.6 Å². The fourth-order valence-electron chi connectivity index (χ4n) is 0.900. The van der Waals surface area contributed by atoms with Crippen molar-refractivity contribution in [2.75, 3.05) is 24.9 Å². The number of halogens is 2. The van der Waals surface area contributed by atoms with Crippen molar-refractivity contribution in [1.82, 2.24) is 0 Å². The summed E-state index contributed by atoms with van der Waals surface area (Å²) in [6.07, 6.45) is 4.77. The van der Waals surface area contributed by atoms with Crippen LogP contribution in [0.5, 0.6) is 0 Å². The van der Waals surface area contributed by atoms with Crippen LogP contribution in [0.2, 0.25) is 0 Å². The Bertz CT molecular complexity index is 264. The van der Waals surface area contributed by atoms with Crippen molar-refractivity contribution in [2.45, 2.75) is 24.9 Å². The van der Waals surface area contributed by atoms with E-state index in [0.717, 1.165) is 12.2 Å². The first-order valence-corrected chi connectivity index (χ1v) is 7.56. The molecule has 1 saturated heterocycles. The molecule has 1 fully saturated rings. The van der Waals surface area contributed by atoms with Crippen LogP contribution in [-0.4, -0.2) is 48.9 Å². The number of carboxylic acid groups (broad SMARTS) is 1. The molecular formula is C10H21Cl2N2Na3O4S2. The second-order valence-electron chi connectivity index (χ2n) is 3.36. The van der Waals surface area contributed by atoms with E-state index in [1.165, 1.54) is 0 Å². The molecule has 2 atom stereocenters. The number of nitrogens with two attached hydrogens (primary N) is 1. The van der Waals surface area contributed by atoms with Crippen LogP contribution in [0.1, 0.15) is 12.8 Å². The van der Waals surface area contributed by atoms with Gasteiger partial charge in [-0.1, -0.05) is 0 Å². The van der Waals surface area contributed by atoms with Gasteiger partial charge in [0.2, 0.25) is 0 Å². The molecular weight excluding hydrogens is 416 g/mol. The molecule has 1 aliphatic rings. The van der Waals surface area contributed by atoms with Crippen LogP contribution in [0.4, 0.5) is 0 Å². The minimum absolute atomic E-state index is 0. The minimum atomic E-state index is -1.16. The predicted molar refractivity (Wildman–Crippen MR) is 71.5 cm³/mol. The molecule has 2 unspecified atom stereocenters. The SMILES string of the molecule is CSCCC(N)C(=O)[O-].C[S-].[Cl-].[Cl-].[NH3+]C1CCOC1=O.[Na+].[Na+].[Na+]. The number of hydrogen-bond donors (Lipinski definition) is 2. The molecule has 13 heteroatoms. The first-order valence-electron chi connectivity index (χ1n) is 5.35. The van der Waals surface area contributed by atoms with E-state index in [1.54, 1.807) is 18.0 Å². The number of hydrogen-bond acceptors (Lipinski definition) is 7. The largest absolute Gasteiger partial charge is 1.00 e. The Morgan fingerprint density at radius 2 is 1.87 bits per heavy atom. The average molecular weight is 437 g/mol. The number of carbonyl (C=O) groups is 2. The molecule has 0 aromatic rings. The number of quaternary nitrogens is 1. The third kappa shape index (κ3) is 30.1. The van der Waals surface area contributed by atoms with Crippen LogP contribution in [0.3, 0.4) is 0 Å². The maximum absolute atomic E-state index is 10.3. The molecule has 0 bridgehead atoms. The summed E-state index contributed by atoms with van der Waals surface area (Å²) >= 11 is 5.66. The number of carboxylic acids is 1. The Hall–Kier alpha value is 3.14. The van der Waals surface area contributed by atoms with Gasteiger partial charge in [0.1, 0.15) is 0 Å². The zero-order valence-corrected chi connectivity index (χ0v) is 23.6. The number of ether oxygens (including phenoxy) is 1. The van der Waals surface area contributed by atoms with E-state index >= 15 is 0 Å². The van der Waals surface area contributed by atoms with Crippen molar-refractivity contribution in [3.8, 4) is 0 Å². The number of carbonyl (C=O) groups excluding carboxylic acids is 2. The normalized spacial score (nSPS) is 14.7. The molecule has 124 valence electrons. The predicted octanol–water partition coefficient (Wildman–Crippen LogP) is -17.5. The summed E-state index contributed by atoms with van der Waals surface area (Å²) in [4.78, 5) is 20.2. The van der Waals surface area contributed by atoms with Gasteiger partial charge in [-0.05, 0) is 18.4 Å². The van der Waals surface area contributed by atoms with Crippen molar-refractivity contribution in [1.29, 1.82) is 0 Å². The van der Waals surface area contributed by atoms with Crippen molar-refractivity contribution < 1.29 is 139 Å². The Morgan fingerprint density at radius 1 is 1.43 bits per heavy atom. The molecule has 5 N–H and O–H groups in total. The molecule has 0 aliphatic carbocycles. The Labute approximate surface area is 227 Å². The Balaban J connectivity index is -0.0000000338. The molecule has 0 radical (unpaired) electrons. The molecule has 1 heterocycles. The summed E-state index contributed by atoms with van der Waals surface area (Å²) in [5.41, 5.74) is 8.67. The van der Waals surface area contributed by atoms with E-state index in [1.807, 2.05) is 6.26 Å². The zero-order valence-electron chi connectivity index (χ0n) is 14.5. The number of rotatable bonds is 4. The van der Waals surface area contributed by atoms with Crippen LogP contribution >= 0.6 is 11.8 Å². The number of cyclic esters (lactones) is 1. The fraction of sp³-hybridized carbons (Fsp3) is 0.800. The molecule has 0 saturated carbocycles. The van der Waals surface area contributed by atoms with E-state index in [2.05, 4.69) is 23.1 Å². The van der Waals surface area contributed by atoms with Gasteiger partial charge in [0.25, 0.3) is 0 Å². The van der Waals surface area contributed by atoms with E-state index < -0.39 is 12.0 Å². The summed E-state index contributed by atoms with van der Waals surface area (Å²) in [7, 11) is 0. The fourth-order valence-corrected chi connectivity index (χ4v) is 1.39. The standard InChI is InChI=1S/C5H11NO2S.C4H7NO2.CH4S.2ClH.3Na/c1-9-3-2-4(6)5(7)8;5-3-1-2-7-4(3)6;1-2;;;;;/h4H,2-3,6H2,1H3,(H,7,8);3H,1-2,5H2;2H,1H3;2*1H;;;/q;;;;;3*+1/p-3. The maximum atomic E-state index is 10.3. The van der Waals surface area contributed by atoms with E-state index in [9.17, 15) is 14.7 Å². The van der Waals surface area contributed by atoms with Crippen LogP contribution < -0.4 is 130 Å². The van der Waals surface area contributed by atoms with E-state index in [-0.39, 0.29) is 125 Å². The van der Waals surface area contributed by atoms with Gasteiger partial charge in [0, 0.05) is 12.5 Å². The quantitative estimate of drug-likeness (QED) is 0.255. The van der Waals surface area contributed by atoms with Gasteiger partial charge in [-0.15, -0.1) is 0 Å². The van der Waals surface area contributed by atoms with E-state index in [0.29, 0.717) is 13.0 Å². The van der Waals surface area contributed by atoms with Gasteiger partial charge >= 0.3 is 94.6 Å². The smallest absolute Gasteiger partial charge is 1.00 e. The van der Waals surface area contributed by atoms with Gasteiger partial charge < -0.3 is 63.5 Å². The summed E-state index contributed by atoms with van der Waals surface area (Å²) < 4.78 is 4.56. The summed E-state index contributed by atoms with van der Waals surface area (Å²) in [6.45, 7) is 0.562. The van der Waals surface area contributed by atoms with E-state index in [4.69, 9.17) is 5.73 Å². The molecule has 0 amide bonds. The third-order valence-electron chi connectivity index (χ3n) is 1.98. The van der Waals surface area contributed by atoms with Crippen LogP contribution in [0, 0.1) is 0 Å². The average Bonchev–Trinajstić information content (AvgIpc) is 2.74. The van der Waals surface area contributed by atoms with Crippen LogP contribution in [0.25, 0.3) is 0 Å². The molecule has 0 aromatic heterocycles. The van der Waals surface area contributed by atoms with Crippen molar-refractivity contribution in [3.05, 3.63) is 0 Å². The monoisotopic (exact) mass is 436 g/mol. The zero-order chi connectivity index (χ0) is 14.6. The molecule has 1 rings (SSSR count). The molecule has 1 aliphatic heterocycles. The van der Waals surface area contributed by atoms with Gasteiger partial charge in [-0.25, -0.2) is 4.79 Å². The third-order valence-corrected chi connectivity index (χ3v) is 2.62. The maximum Gasteiger partial charge on any atom is 1.00 e. The first-order chi connectivity index (χ1) is 8.49. The van der Waals surface area contributed by atoms with Crippen molar-refractivity contribution >= 4 is 36.3 Å². The number of thioether (sulfide) groups is 1. The minimum Gasteiger partial charge on any atom is -1.00 e. The number of aliphatic carboxylic acids is 1. The second-order valence-corrected chi connectivity index (χ2v) is 4.35.